The van der Waals surface area contributed by atoms with Gasteiger partial charge in [-0.15, -0.1) is 0 Å². The molecule has 0 aliphatic heterocycles. The molecular formula is C13H18F3NO. The Labute approximate surface area is 105 Å². The molecule has 1 aromatic carbocycles. The fraction of sp³-hybridized carbons (Fsp3) is 0.538. The lowest BCUT2D eigenvalue weighted by Crippen LogP contribution is -2.36. The zero-order chi connectivity index (χ0) is 13.9. The van der Waals surface area contributed by atoms with Crippen molar-refractivity contribution in [2.45, 2.75) is 39.5 Å². The van der Waals surface area contributed by atoms with E-state index >= 15 is 0 Å². The van der Waals surface area contributed by atoms with E-state index < -0.39 is 12.3 Å². The van der Waals surface area contributed by atoms with Gasteiger partial charge in [0, 0.05) is 6.42 Å². The zero-order valence-electron chi connectivity index (χ0n) is 10.8. The Kier molecular flexibility index (Phi) is 4.62. The third kappa shape index (κ3) is 3.63. The smallest absolute Gasteiger partial charge is 0.425 e. The van der Waals surface area contributed by atoms with E-state index in [2.05, 4.69) is 0 Å². The SMILES string of the molecule is Cc1cc(C)c(OC(CCN)C(F)(F)F)c(C)c1. The summed E-state index contributed by atoms with van der Waals surface area (Å²) in [5.74, 6) is 0.302. The third-order valence-electron chi connectivity index (χ3n) is 2.66. The van der Waals surface area contributed by atoms with Gasteiger partial charge in [0.1, 0.15) is 5.75 Å². The molecule has 1 rings (SSSR count). The van der Waals surface area contributed by atoms with Gasteiger partial charge < -0.3 is 10.5 Å². The van der Waals surface area contributed by atoms with Crippen LogP contribution in [-0.2, 0) is 0 Å². The van der Waals surface area contributed by atoms with Crippen molar-refractivity contribution in [2.24, 2.45) is 5.73 Å². The second-order valence-electron chi connectivity index (χ2n) is 4.45. The van der Waals surface area contributed by atoms with Crippen molar-refractivity contribution in [1.29, 1.82) is 0 Å². The summed E-state index contributed by atoms with van der Waals surface area (Å²) in [5.41, 5.74) is 7.61. The first-order valence-corrected chi connectivity index (χ1v) is 5.77. The Hall–Kier alpha value is -1.23. The monoisotopic (exact) mass is 261 g/mol. The van der Waals surface area contributed by atoms with Crippen molar-refractivity contribution in [1.82, 2.24) is 0 Å². The summed E-state index contributed by atoms with van der Waals surface area (Å²) in [7, 11) is 0. The molecule has 0 saturated carbocycles. The lowest BCUT2D eigenvalue weighted by molar-refractivity contribution is -0.196. The quantitative estimate of drug-likeness (QED) is 0.902. The molecule has 0 bridgehead atoms. The molecule has 0 aromatic heterocycles. The minimum absolute atomic E-state index is 0.0614. The van der Waals surface area contributed by atoms with Crippen LogP contribution in [0.15, 0.2) is 12.1 Å². The summed E-state index contributed by atoms with van der Waals surface area (Å²) < 4.78 is 43.4. The van der Waals surface area contributed by atoms with E-state index in [1.54, 1.807) is 26.0 Å². The Morgan fingerprint density at radius 1 is 1.17 bits per heavy atom. The Morgan fingerprint density at radius 2 is 1.67 bits per heavy atom. The zero-order valence-corrected chi connectivity index (χ0v) is 10.8. The fourth-order valence-corrected chi connectivity index (χ4v) is 1.94. The van der Waals surface area contributed by atoms with Crippen molar-refractivity contribution < 1.29 is 17.9 Å². The van der Waals surface area contributed by atoms with Crippen LogP contribution in [0.3, 0.4) is 0 Å². The average Bonchev–Trinajstić information content (AvgIpc) is 2.19. The van der Waals surface area contributed by atoms with Crippen molar-refractivity contribution >= 4 is 0 Å². The molecule has 0 amide bonds. The first-order chi connectivity index (χ1) is 8.25. The number of alkyl halides is 3. The maximum absolute atomic E-state index is 12.8. The summed E-state index contributed by atoms with van der Waals surface area (Å²) >= 11 is 0. The lowest BCUT2D eigenvalue weighted by Gasteiger charge is -2.23. The first kappa shape index (κ1) is 14.8. The van der Waals surface area contributed by atoms with E-state index in [-0.39, 0.29) is 13.0 Å². The van der Waals surface area contributed by atoms with Gasteiger partial charge in [-0.2, -0.15) is 13.2 Å². The van der Waals surface area contributed by atoms with Gasteiger partial charge in [0.05, 0.1) is 0 Å². The number of nitrogens with two attached hydrogens (primary N) is 1. The molecule has 102 valence electrons. The van der Waals surface area contributed by atoms with E-state index in [0.717, 1.165) is 5.56 Å². The second kappa shape index (κ2) is 5.61. The number of aryl methyl sites for hydroxylation is 3. The normalized spacial score (nSPS) is 13.5. The van der Waals surface area contributed by atoms with E-state index in [4.69, 9.17) is 10.5 Å². The molecule has 0 saturated heterocycles. The molecule has 5 heteroatoms. The van der Waals surface area contributed by atoms with Gasteiger partial charge in [0.15, 0.2) is 6.10 Å². The average molecular weight is 261 g/mol. The van der Waals surface area contributed by atoms with Crippen LogP contribution in [0.5, 0.6) is 5.75 Å². The molecule has 1 aromatic rings. The van der Waals surface area contributed by atoms with Gasteiger partial charge in [0.25, 0.3) is 0 Å². The highest BCUT2D eigenvalue weighted by Gasteiger charge is 2.41. The first-order valence-electron chi connectivity index (χ1n) is 5.77. The molecule has 0 spiro atoms. The molecule has 0 aliphatic carbocycles. The number of hydrogen-bond donors (Lipinski definition) is 1. The Morgan fingerprint density at radius 3 is 2.06 bits per heavy atom. The van der Waals surface area contributed by atoms with Crippen molar-refractivity contribution in [2.75, 3.05) is 6.54 Å². The molecule has 18 heavy (non-hydrogen) atoms. The van der Waals surface area contributed by atoms with Gasteiger partial charge in [0.2, 0.25) is 0 Å². The lowest BCUT2D eigenvalue weighted by atomic mass is 10.1. The molecule has 0 fully saturated rings. The van der Waals surface area contributed by atoms with Gasteiger partial charge in [-0.3, -0.25) is 0 Å². The van der Waals surface area contributed by atoms with E-state index in [1.165, 1.54) is 0 Å². The Balaban J connectivity index is 3.01. The van der Waals surface area contributed by atoms with Crippen LogP contribution < -0.4 is 10.5 Å². The molecule has 2 nitrogen and oxygen atoms in total. The summed E-state index contributed by atoms with van der Waals surface area (Å²) in [4.78, 5) is 0. The maximum atomic E-state index is 12.8. The number of ether oxygens (including phenoxy) is 1. The molecular weight excluding hydrogens is 243 g/mol. The van der Waals surface area contributed by atoms with Gasteiger partial charge >= 0.3 is 6.18 Å². The maximum Gasteiger partial charge on any atom is 0.425 e. The van der Waals surface area contributed by atoms with Crippen LogP contribution in [0, 0.1) is 20.8 Å². The standard InChI is InChI=1S/C13H18F3NO/c1-8-6-9(2)12(10(3)7-8)18-11(4-5-17)13(14,15)16/h6-7,11H,4-5,17H2,1-3H3. The fourth-order valence-electron chi connectivity index (χ4n) is 1.94. The highest BCUT2D eigenvalue weighted by Crippen LogP contribution is 2.31. The summed E-state index contributed by atoms with van der Waals surface area (Å²) in [6, 6.07) is 3.61. The predicted octanol–water partition coefficient (Wildman–Crippen LogP) is 3.27. The number of rotatable bonds is 4. The van der Waals surface area contributed by atoms with Crippen LogP contribution in [0.25, 0.3) is 0 Å². The number of halogens is 3. The predicted molar refractivity (Wildman–Crippen MR) is 64.8 cm³/mol. The van der Waals surface area contributed by atoms with E-state index in [9.17, 15) is 13.2 Å². The topological polar surface area (TPSA) is 35.2 Å². The third-order valence-corrected chi connectivity index (χ3v) is 2.66. The summed E-state index contributed by atoms with van der Waals surface area (Å²) in [5, 5.41) is 0. The molecule has 1 unspecified atom stereocenters. The molecule has 2 N–H and O–H groups in total. The van der Waals surface area contributed by atoms with E-state index in [0.29, 0.717) is 16.9 Å². The number of benzene rings is 1. The van der Waals surface area contributed by atoms with Crippen molar-refractivity contribution in [3.8, 4) is 5.75 Å². The number of hydrogen-bond acceptors (Lipinski definition) is 2. The largest absolute Gasteiger partial charge is 0.480 e. The van der Waals surface area contributed by atoms with Crippen LogP contribution >= 0.6 is 0 Å². The van der Waals surface area contributed by atoms with Gasteiger partial charge in [-0.25, -0.2) is 0 Å². The minimum Gasteiger partial charge on any atom is -0.480 e. The van der Waals surface area contributed by atoms with Crippen LogP contribution in [0.1, 0.15) is 23.1 Å². The van der Waals surface area contributed by atoms with Gasteiger partial charge in [-0.1, -0.05) is 17.7 Å². The van der Waals surface area contributed by atoms with Crippen LogP contribution in [0.2, 0.25) is 0 Å². The highest BCUT2D eigenvalue weighted by atomic mass is 19.4. The minimum atomic E-state index is -4.40. The Bertz CT molecular complexity index is 392. The second-order valence-corrected chi connectivity index (χ2v) is 4.45. The molecule has 0 radical (unpaired) electrons. The summed E-state index contributed by atoms with van der Waals surface area (Å²) in [6.07, 6.45) is -6.48. The molecule has 0 heterocycles. The van der Waals surface area contributed by atoms with Crippen LogP contribution in [-0.4, -0.2) is 18.8 Å². The highest BCUT2D eigenvalue weighted by molar-refractivity contribution is 5.43. The molecule has 1 atom stereocenters. The van der Waals surface area contributed by atoms with Crippen molar-refractivity contribution in [3.63, 3.8) is 0 Å². The van der Waals surface area contributed by atoms with E-state index in [1.807, 2.05) is 6.92 Å². The summed E-state index contributed by atoms with van der Waals surface area (Å²) in [6.45, 7) is 5.31. The van der Waals surface area contributed by atoms with Gasteiger partial charge in [-0.05, 0) is 38.4 Å². The molecule has 0 aliphatic rings. The van der Waals surface area contributed by atoms with Crippen LogP contribution in [0.4, 0.5) is 13.2 Å². The van der Waals surface area contributed by atoms with Crippen molar-refractivity contribution in [3.05, 3.63) is 28.8 Å².